The number of likely N-dealkylation sites (tertiary alicyclic amines) is 1. The number of unbranched alkanes of at least 4 members (excludes halogenated alkanes) is 5. The van der Waals surface area contributed by atoms with E-state index in [-0.39, 0.29) is 17.9 Å². The fraction of sp³-hybridized carbons (Fsp3) is 0.889. The Morgan fingerprint density at radius 1 is 1.09 bits per heavy atom. The number of ether oxygens (including phenoxy) is 1. The van der Waals surface area contributed by atoms with E-state index in [1.54, 1.807) is 4.90 Å². The molecule has 1 amide bonds. The highest BCUT2D eigenvalue weighted by atomic mass is 16.5. The van der Waals surface area contributed by atoms with Gasteiger partial charge in [-0.3, -0.25) is 4.79 Å². The van der Waals surface area contributed by atoms with Gasteiger partial charge >= 0.3 is 5.97 Å². The second kappa shape index (κ2) is 9.16. The smallest absolute Gasteiger partial charge is 0.328 e. The Bertz CT molecular complexity index is 360. The molecule has 1 rings (SSSR count). The van der Waals surface area contributed by atoms with Gasteiger partial charge in [0.2, 0.25) is 5.91 Å². The maximum Gasteiger partial charge on any atom is 0.328 e. The van der Waals surface area contributed by atoms with E-state index in [0.29, 0.717) is 13.2 Å². The lowest BCUT2D eigenvalue weighted by Crippen LogP contribution is -2.46. The minimum atomic E-state index is -0.442. The summed E-state index contributed by atoms with van der Waals surface area (Å²) in [6, 6.07) is -0.369. The Kier molecular flexibility index (Phi) is 7.91. The zero-order valence-corrected chi connectivity index (χ0v) is 14.8. The van der Waals surface area contributed by atoms with Crippen LogP contribution in [0.4, 0.5) is 0 Å². The van der Waals surface area contributed by atoms with Gasteiger partial charge in [0.1, 0.15) is 6.04 Å². The zero-order chi connectivity index (χ0) is 16.6. The molecule has 0 aromatic heterocycles. The molecule has 1 saturated heterocycles. The van der Waals surface area contributed by atoms with Gasteiger partial charge in [0.25, 0.3) is 0 Å². The molecule has 1 unspecified atom stereocenters. The molecule has 0 bridgehead atoms. The summed E-state index contributed by atoms with van der Waals surface area (Å²) in [5.74, 6) is -0.171. The van der Waals surface area contributed by atoms with Crippen molar-refractivity contribution in [3.63, 3.8) is 0 Å². The van der Waals surface area contributed by atoms with Crippen molar-refractivity contribution in [2.24, 2.45) is 5.41 Å². The molecule has 0 aromatic rings. The van der Waals surface area contributed by atoms with Crippen molar-refractivity contribution in [3.8, 4) is 0 Å². The van der Waals surface area contributed by atoms with E-state index in [9.17, 15) is 9.59 Å². The molecule has 0 spiro atoms. The molecule has 0 N–H and O–H groups in total. The van der Waals surface area contributed by atoms with Crippen LogP contribution in [-0.2, 0) is 14.3 Å². The lowest BCUT2D eigenvalue weighted by Gasteiger charge is -2.29. The summed E-state index contributed by atoms with van der Waals surface area (Å²) in [6.45, 7) is 9.05. The maximum atomic E-state index is 12.4. The van der Waals surface area contributed by atoms with Crippen molar-refractivity contribution in [2.45, 2.75) is 85.1 Å². The monoisotopic (exact) mass is 311 g/mol. The first kappa shape index (κ1) is 19.0. The number of esters is 1. The fourth-order valence-electron chi connectivity index (χ4n) is 2.84. The molecule has 0 aliphatic carbocycles. The molecule has 1 atom stereocenters. The van der Waals surface area contributed by atoms with Crippen molar-refractivity contribution in [1.82, 2.24) is 4.90 Å². The van der Waals surface area contributed by atoms with Crippen molar-refractivity contribution < 1.29 is 14.3 Å². The summed E-state index contributed by atoms with van der Waals surface area (Å²) in [4.78, 5) is 26.3. The largest absolute Gasteiger partial charge is 0.464 e. The second-order valence-electron chi connectivity index (χ2n) is 7.34. The summed E-state index contributed by atoms with van der Waals surface area (Å²) in [7, 11) is 0. The summed E-state index contributed by atoms with van der Waals surface area (Å²) in [6.07, 6.45) is 8.66. The molecular weight excluding hydrogens is 278 g/mol. The molecule has 1 heterocycles. The van der Waals surface area contributed by atoms with Crippen LogP contribution in [0.15, 0.2) is 0 Å². The Balaban J connectivity index is 2.31. The first-order valence-electron chi connectivity index (χ1n) is 8.85. The summed E-state index contributed by atoms with van der Waals surface area (Å²) < 4.78 is 5.39. The summed E-state index contributed by atoms with van der Waals surface area (Å²) in [5.41, 5.74) is -0.442. The third-order valence-corrected chi connectivity index (χ3v) is 4.17. The molecule has 1 fully saturated rings. The molecule has 22 heavy (non-hydrogen) atoms. The average Bonchev–Trinajstić information content (AvgIpc) is 2.93. The van der Waals surface area contributed by atoms with E-state index in [1.165, 1.54) is 25.7 Å². The first-order chi connectivity index (χ1) is 10.4. The van der Waals surface area contributed by atoms with Gasteiger partial charge in [-0.2, -0.15) is 0 Å². The highest BCUT2D eigenvalue weighted by Crippen LogP contribution is 2.26. The van der Waals surface area contributed by atoms with Crippen LogP contribution in [0.25, 0.3) is 0 Å². The van der Waals surface area contributed by atoms with E-state index in [2.05, 4.69) is 6.92 Å². The summed E-state index contributed by atoms with van der Waals surface area (Å²) >= 11 is 0. The van der Waals surface area contributed by atoms with Crippen molar-refractivity contribution in [1.29, 1.82) is 0 Å². The molecule has 0 aromatic carbocycles. The predicted molar refractivity (Wildman–Crippen MR) is 88.5 cm³/mol. The number of carbonyl (C=O) groups excluding carboxylic acids is 2. The SMILES string of the molecule is CCCCCCCCOC(=O)C1CCCN1C(=O)C(C)(C)C. The standard InChI is InChI=1S/C18H33NO3/c1-5-6-7-8-9-10-14-22-16(20)15-12-11-13-19(15)17(21)18(2,3)4/h15H,5-14H2,1-4H3. The molecule has 4 nitrogen and oxygen atoms in total. The average molecular weight is 311 g/mol. The number of carbonyl (C=O) groups is 2. The minimum Gasteiger partial charge on any atom is -0.464 e. The molecule has 0 radical (unpaired) electrons. The minimum absolute atomic E-state index is 0.0477. The molecule has 4 heteroatoms. The van der Waals surface area contributed by atoms with Crippen LogP contribution in [0.3, 0.4) is 0 Å². The van der Waals surface area contributed by atoms with Gasteiger partial charge in [-0.1, -0.05) is 59.8 Å². The Labute approximate surface area is 135 Å². The van der Waals surface area contributed by atoms with E-state index in [0.717, 1.165) is 25.7 Å². The van der Waals surface area contributed by atoms with Crippen LogP contribution in [0.2, 0.25) is 0 Å². The second-order valence-corrected chi connectivity index (χ2v) is 7.34. The lowest BCUT2D eigenvalue weighted by atomic mass is 9.94. The number of rotatable bonds is 8. The topological polar surface area (TPSA) is 46.6 Å². The van der Waals surface area contributed by atoms with E-state index < -0.39 is 5.41 Å². The van der Waals surface area contributed by atoms with Crippen LogP contribution < -0.4 is 0 Å². The Morgan fingerprint density at radius 2 is 1.73 bits per heavy atom. The van der Waals surface area contributed by atoms with Gasteiger partial charge in [0.15, 0.2) is 0 Å². The van der Waals surface area contributed by atoms with Gasteiger partial charge in [0, 0.05) is 12.0 Å². The van der Waals surface area contributed by atoms with Gasteiger partial charge in [-0.15, -0.1) is 0 Å². The van der Waals surface area contributed by atoms with Gasteiger partial charge in [-0.05, 0) is 19.3 Å². The Hall–Kier alpha value is -1.06. The normalized spacial score (nSPS) is 18.5. The van der Waals surface area contributed by atoms with Gasteiger partial charge < -0.3 is 9.64 Å². The highest BCUT2D eigenvalue weighted by Gasteiger charge is 2.39. The Morgan fingerprint density at radius 3 is 2.36 bits per heavy atom. The third kappa shape index (κ3) is 5.98. The van der Waals surface area contributed by atoms with Crippen molar-refractivity contribution >= 4 is 11.9 Å². The third-order valence-electron chi connectivity index (χ3n) is 4.17. The van der Waals surface area contributed by atoms with Crippen LogP contribution in [0.1, 0.15) is 79.1 Å². The number of hydrogen-bond donors (Lipinski definition) is 0. The van der Waals surface area contributed by atoms with E-state index in [1.807, 2.05) is 20.8 Å². The molecule has 1 aliphatic heterocycles. The van der Waals surface area contributed by atoms with E-state index in [4.69, 9.17) is 4.74 Å². The van der Waals surface area contributed by atoms with Gasteiger partial charge in [0.05, 0.1) is 6.61 Å². The van der Waals surface area contributed by atoms with Crippen LogP contribution in [-0.4, -0.2) is 36.0 Å². The van der Waals surface area contributed by atoms with Crippen molar-refractivity contribution in [3.05, 3.63) is 0 Å². The summed E-state index contributed by atoms with van der Waals surface area (Å²) in [5, 5.41) is 0. The molecule has 128 valence electrons. The fourth-order valence-corrected chi connectivity index (χ4v) is 2.84. The molecular formula is C18H33NO3. The van der Waals surface area contributed by atoms with Gasteiger partial charge in [-0.25, -0.2) is 4.79 Å². The van der Waals surface area contributed by atoms with E-state index >= 15 is 0 Å². The number of amides is 1. The quantitative estimate of drug-likeness (QED) is 0.504. The maximum absolute atomic E-state index is 12.4. The highest BCUT2D eigenvalue weighted by molar-refractivity contribution is 5.88. The lowest BCUT2D eigenvalue weighted by molar-refractivity contribution is -0.156. The van der Waals surface area contributed by atoms with Crippen LogP contribution >= 0.6 is 0 Å². The molecule has 1 aliphatic rings. The number of hydrogen-bond acceptors (Lipinski definition) is 3. The molecule has 0 saturated carbocycles. The number of nitrogens with zero attached hydrogens (tertiary/aromatic N) is 1. The zero-order valence-electron chi connectivity index (χ0n) is 14.8. The predicted octanol–water partition coefficient (Wildman–Crippen LogP) is 3.93. The van der Waals surface area contributed by atoms with Crippen LogP contribution in [0, 0.1) is 5.41 Å². The van der Waals surface area contributed by atoms with Crippen LogP contribution in [0.5, 0.6) is 0 Å². The first-order valence-corrected chi connectivity index (χ1v) is 8.85. The van der Waals surface area contributed by atoms with Crippen molar-refractivity contribution in [2.75, 3.05) is 13.2 Å².